The Morgan fingerprint density at radius 1 is 1.10 bits per heavy atom. The fraction of sp³-hybridized carbons (Fsp3) is 0.300. The van der Waals surface area contributed by atoms with Gasteiger partial charge in [0.25, 0.3) is 5.91 Å². The number of carbonyl (C=O) groups excluding carboxylic acids is 1. The first-order valence-corrected chi connectivity index (χ1v) is 11.6. The maximum atomic E-state index is 12.7. The molecular formula is C20H23BrN4O4S. The summed E-state index contributed by atoms with van der Waals surface area (Å²) in [6, 6.07) is 13.9. The van der Waals surface area contributed by atoms with E-state index in [0.29, 0.717) is 26.2 Å². The van der Waals surface area contributed by atoms with E-state index >= 15 is 0 Å². The standard InChI is InChI=1S/C20H23BrN4O4S/c1-29-18-6-2-16(3-7-18)14-22-23-20(26)15-24-10-12-25(13-11-24)30(27,28)19-8-4-17(21)5-9-19/h2-9,14H,10-13,15H2,1H3,(H,23,26)/b22-14+. The lowest BCUT2D eigenvalue weighted by atomic mass is 10.2. The third-order valence-electron chi connectivity index (χ3n) is 4.67. The van der Waals surface area contributed by atoms with Crippen LogP contribution in [0.3, 0.4) is 0 Å². The third-order valence-corrected chi connectivity index (χ3v) is 7.11. The van der Waals surface area contributed by atoms with E-state index in [1.807, 2.05) is 29.2 Å². The number of sulfonamides is 1. The molecule has 0 radical (unpaired) electrons. The second kappa shape index (κ2) is 10.2. The number of ether oxygens (including phenoxy) is 1. The molecule has 1 fully saturated rings. The van der Waals surface area contributed by atoms with Crippen LogP contribution in [0.25, 0.3) is 0 Å². The van der Waals surface area contributed by atoms with Crippen molar-refractivity contribution in [3.05, 3.63) is 58.6 Å². The summed E-state index contributed by atoms with van der Waals surface area (Å²) >= 11 is 3.31. The van der Waals surface area contributed by atoms with Crippen LogP contribution in [0.15, 0.2) is 63.0 Å². The van der Waals surface area contributed by atoms with Gasteiger partial charge in [-0.1, -0.05) is 15.9 Å². The average molecular weight is 495 g/mol. The highest BCUT2D eigenvalue weighted by Crippen LogP contribution is 2.20. The van der Waals surface area contributed by atoms with Crippen molar-refractivity contribution in [3.63, 3.8) is 0 Å². The van der Waals surface area contributed by atoms with Gasteiger partial charge in [-0.25, -0.2) is 13.8 Å². The van der Waals surface area contributed by atoms with Gasteiger partial charge in [-0.05, 0) is 54.1 Å². The van der Waals surface area contributed by atoms with Gasteiger partial charge in [0.15, 0.2) is 0 Å². The van der Waals surface area contributed by atoms with E-state index in [-0.39, 0.29) is 17.3 Å². The quantitative estimate of drug-likeness (QED) is 0.468. The summed E-state index contributed by atoms with van der Waals surface area (Å²) < 4.78 is 32.8. The number of piperazine rings is 1. The number of nitrogens with one attached hydrogen (secondary N) is 1. The maximum Gasteiger partial charge on any atom is 0.254 e. The molecule has 2 aromatic carbocycles. The normalized spacial score (nSPS) is 15.9. The number of carbonyl (C=O) groups is 1. The number of nitrogens with zero attached hydrogens (tertiary/aromatic N) is 3. The van der Waals surface area contributed by atoms with Crippen molar-refractivity contribution in [1.29, 1.82) is 0 Å². The van der Waals surface area contributed by atoms with E-state index in [9.17, 15) is 13.2 Å². The van der Waals surface area contributed by atoms with Crippen molar-refractivity contribution >= 4 is 38.1 Å². The van der Waals surface area contributed by atoms with Crippen molar-refractivity contribution in [2.24, 2.45) is 5.10 Å². The molecule has 1 N–H and O–H groups in total. The van der Waals surface area contributed by atoms with Gasteiger partial charge in [0, 0.05) is 30.7 Å². The summed E-state index contributed by atoms with van der Waals surface area (Å²) in [6.07, 6.45) is 1.56. The Morgan fingerprint density at radius 2 is 1.73 bits per heavy atom. The maximum absolute atomic E-state index is 12.7. The van der Waals surface area contributed by atoms with Gasteiger partial charge >= 0.3 is 0 Å². The lowest BCUT2D eigenvalue weighted by Gasteiger charge is -2.33. The minimum absolute atomic E-state index is 0.159. The summed E-state index contributed by atoms with van der Waals surface area (Å²) in [5.41, 5.74) is 3.34. The highest BCUT2D eigenvalue weighted by Gasteiger charge is 2.28. The molecule has 8 nitrogen and oxygen atoms in total. The number of benzene rings is 2. The molecule has 3 rings (SSSR count). The molecule has 1 heterocycles. The van der Waals surface area contributed by atoms with E-state index < -0.39 is 10.0 Å². The first-order valence-electron chi connectivity index (χ1n) is 9.32. The zero-order valence-corrected chi connectivity index (χ0v) is 18.9. The van der Waals surface area contributed by atoms with E-state index in [1.54, 1.807) is 37.6 Å². The van der Waals surface area contributed by atoms with Crippen LogP contribution in [0.4, 0.5) is 0 Å². The summed E-state index contributed by atoms with van der Waals surface area (Å²) in [7, 11) is -1.93. The van der Waals surface area contributed by atoms with E-state index in [2.05, 4.69) is 26.5 Å². The van der Waals surface area contributed by atoms with E-state index in [1.165, 1.54) is 4.31 Å². The lowest BCUT2D eigenvalue weighted by Crippen LogP contribution is -2.50. The minimum atomic E-state index is -3.53. The molecule has 0 spiro atoms. The molecule has 1 aliphatic rings. The van der Waals surface area contributed by atoms with Crippen LogP contribution in [0.2, 0.25) is 0 Å². The molecule has 160 valence electrons. The topological polar surface area (TPSA) is 91.3 Å². The number of rotatable bonds is 7. The molecule has 0 saturated carbocycles. The van der Waals surface area contributed by atoms with E-state index in [4.69, 9.17) is 4.74 Å². The number of hydrogen-bond acceptors (Lipinski definition) is 6. The lowest BCUT2D eigenvalue weighted by molar-refractivity contribution is -0.122. The van der Waals surface area contributed by atoms with Gasteiger partial charge in [-0.3, -0.25) is 9.69 Å². The number of methoxy groups -OCH3 is 1. The van der Waals surface area contributed by atoms with Crippen LogP contribution >= 0.6 is 15.9 Å². The molecule has 2 aromatic rings. The SMILES string of the molecule is COc1ccc(/C=N/NC(=O)CN2CCN(S(=O)(=O)c3ccc(Br)cc3)CC2)cc1. The zero-order chi connectivity index (χ0) is 21.6. The van der Waals surface area contributed by atoms with Crippen molar-refractivity contribution in [2.45, 2.75) is 4.90 Å². The van der Waals surface area contributed by atoms with Gasteiger partial charge in [0.05, 0.1) is 24.8 Å². The predicted octanol–water partition coefficient (Wildman–Crippen LogP) is 1.91. The molecule has 0 aliphatic carbocycles. The van der Waals surface area contributed by atoms with Crippen molar-refractivity contribution < 1.29 is 17.9 Å². The molecule has 0 unspecified atom stereocenters. The summed E-state index contributed by atoms with van der Waals surface area (Å²) in [5.74, 6) is 0.501. The molecule has 10 heteroatoms. The smallest absolute Gasteiger partial charge is 0.254 e. The fourth-order valence-electron chi connectivity index (χ4n) is 2.99. The minimum Gasteiger partial charge on any atom is -0.497 e. The van der Waals surface area contributed by atoms with Crippen LogP contribution in [0.1, 0.15) is 5.56 Å². The first-order chi connectivity index (χ1) is 14.4. The van der Waals surface area contributed by atoms with Gasteiger partial charge in [-0.2, -0.15) is 9.41 Å². The van der Waals surface area contributed by atoms with Gasteiger partial charge < -0.3 is 4.74 Å². The Labute approximate surface area is 184 Å². The molecule has 1 saturated heterocycles. The Balaban J connectivity index is 1.46. The monoisotopic (exact) mass is 494 g/mol. The Kier molecular flexibility index (Phi) is 7.59. The number of hydrazone groups is 1. The molecule has 0 bridgehead atoms. The molecule has 1 aliphatic heterocycles. The van der Waals surface area contributed by atoms with Gasteiger partial charge in [-0.15, -0.1) is 0 Å². The van der Waals surface area contributed by atoms with Crippen LogP contribution in [-0.2, 0) is 14.8 Å². The Morgan fingerprint density at radius 3 is 2.33 bits per heavy atom. The largest absolute Gasteiger partial charge is 0.497 e. The summed E-state index contributed by atoms with van der Waals surface area (Å²) in [5, 5.41) is 3.96. The summed E-state index contributed by atoms with van der Waals surface area (Å²) in [4.78, 5) is 14.3. The van der Waals surface area contributed by atoms with Crippen molar-refractivity contribution in [2.75, 3.05) is 39.8 Å². The molecular weight excluding hydrogens is 472 g/mol. The van der Waals surface area contributed by atoms with Crippen molar-refractivity contribution in [3.8, 4) is 5.75 Å². The van der Waals surface area contributed by atoms with E-state index in [0.717, 1.165) is 15.8 Å². The first kappa shape index (κ1) is 22.4. The van der Waals surface area contributed by atoms with Gasteiger partial charge in [0.2, 0.25) is 10.0 Å². The molecule has 1 amide bonds. The number of hydrogen-bond donors (Lipinski definition) is 1. The summed E-state index contributed by atoms with van der Waals surface area (Å²) in [6.45, 7) is 1.78. The fourth-order valence-corrected chi connectivity index (χ4v) is 4.68. The van der Waals surface area contributed by atoms with Crippen LogP contribution in [-0.4, -0.2) is 69.6 Å². The Hall–Kier alpha value is -2.27. The molecule has 0 aromatic heterocycles. The highest BCUT2D eigenvalue weighted by molar-refractivity contribution is 9.10. The van der Waals surface area contributed by atoms with Crippen LogP contribution in [0, 0.1) is 0 Å². The van der Waals surface area contributed by atoms with Crippen LogP contribution < -0.4 is 10.2 Å². The predicted molar refractivity (Wildman–Crippen MR) is 118 cm³/mol. The zero-order valence-electron chi connectivity index (χ0n) is 16.5. The highest BCUT2D eigenvalue weighted by atomic mass is 79.9. The van der Waals surface area contributed by atoms with Crippen LogP contribution in [0.5, 0.6) is 5.75 Å². The average Bonchev–Trinajstić information content (AvgIpc) is 2.75. The number of amides is 1. The van der Waals surface area contributed by atoms with Gasteiger partial charge in [0.1, 0.15) is 5.75 Å². The molecule has 0 atom stereocenters. The second-order valence-corrected chi connectivity index (χ2v) is 9.55. The number of halogens is 1. The van der Waals surface area contributed by atoms with Crippen molar-refractivity contribution in [1.82, 2.24) is 14.6 Å². The second-order valence-electron chi connectivity index (χ2n) is 6.70. The Bertz CT molecular complexity index is 986. The third kappa shape index (κ3) is 5.88. The molecule has 30 heavy (non-hydrogen) atoms.